The Bertz CT molecular complexity index is 568. The Labute approximate surface area is 101 Å². The number of rotatable bonds is 2. The van der Waals surface area contributed by atoms with E-state index in [0.717, 1.165) is 11.3 Å². The largest absolute Gasteiger partial charge is 0.311 e. The molecule has 0 aliphatic heterocycles. The summed E-state index contributed by atoms with van der Waals surface area (Å²) in [6, 6.07) is 9.71. The van der Waals surface area contributed by atoms with E-state index in [2.05, 4.69) is 35.9 Å². The Hall–Kier alpha value is -1.90. The summed E-state index contributed by atoms with van der Waals surface area (Å²) in [7, 11) is 0. The van der Waals surface area contributed by atoms with Crippen LogP contribution in [0.5, 0.6) is 0 Å². The lowest BCUT2D eigenvalue weighted by Gasteiger charge is -2.06. The highest BCUT2D eigenvalue weighted by Gasteiger charge is 2.03. The number of hydrogen-bond acceptors (Lipinski definition) is 2. The van der Waals surface area contributed by atoms with Crippen LogP contribution in [0.15, 0.2) is 35.1 Å². The fourth-order valence-corrected chi connectivity index (χ4v) is 1.77. The Kier molecular flexibility index (Phi) is 3.09. The van der Waals surface area contributed by atoms with Gasteiger partial charge in [0, 0.05) is 11.6 Å². The molecule has 0 saturated carbocycles. The van der Waals surface area contributed by atoms with E-state index < -0.39 is 0 Å². The van der Waals surface area contributed by atoms with Gasteiger partial charge < -0.3 is 4.98 Å². The highest BCUT2D eigenvalue weighted by molar-refractivity contribution is 5.59. The minimum absolute atomic E-state index is 0.111. The van der Waals surface area contributed by atoms with Crippen molar-refractivity contribution in [3.05, 3.63) is 52.1 Å². The minimum atomic E-state index is -0.111. The monoisotopic (exact) mass is 228 g/mol. The Balaban J connectivity index is 2.43. The first-order chi connectivity index (χ1) is 8.06. The van der Waals surface area contributed by atoms with Gasteiger partial charge in [-0.3, -0.25) is 4.79 Å². The maximum Gasteiger partial charge on any atom is 0.251 e. The number of nitrogens with zero attached hydrogens (tertiary/aromatic N) is 1. The molecule has 0 fully saturated rings. The second kappa shape index (κ2) is 4.53. The fourth-order valence-electron chi connectivity index (χ4n) is 1.77. The molecular weight excluding hydrogens is 212 g/mol. The van der Waals surface area contributed by atoms with Gasteiger partial charge in [0.25, 0.3) is 5.56 Å². The second-order valence-electron chi connectivity index (χ2n) is 4.49. The van der Waals surface area contributed by atoms with E-state index >= 15 is 0 Å². The normalized spacial score (nSPS) is 10.8. The van der Waals surface area contributed by atoms with E-state index in [1.807, 2.05) is 12.1 Å². The third-order valence-electron chi connectivity index (χ3n) is 2.73. The maximum atomic E-state index is 11.4. The summed E-state index contributed by atoms with van der Waals surface area (Å²) in [6.45, 7) is 6.10. The van der Waals surface area contributed by atoms with Gasteiger partial charge in [-0.05, 0) is 18.4 Å². The van der Waals surface area contributed by atoms with E-state index in [1.54, 1.807) is 6.92 Å². The molecule has 0 amide bonds. The van der Waals surface area contributed by atoms with Gasteiger partial charge in [-0.1, -0.05) is 38.1 Å². The molecule has 0 aliphatic rings. The van der Waals surface area contributed by atoms with Crippen molar-refractivity contribution in [2.75, 3.05) is 0 Å². The number of nitrogens with one attached hydrogen (secondary N) is 1. The van der Waals surface area contributed by atoms with Crippen molar-refractivity contribution >= 4 is 0 Å². The molecule has 0 unspecified atom stereocenters. The molecule has 3 heteroatoms. The molecule has 1 heterocycles. The van der Waals surface area contributed by atoms with Crippen molar-refractivity contribution in [1.29, 1.82) is 0 Å². The molecule has 0 saturated heterocycles. The summed E-state index contributed by atoms with van der Waals surface area (Å²) in [5.41, 5.74) is 2.88. The van der Waals surface area contributed by atoms with Crippen molar-refractivity contribution in [2.24, 2.45) is 0 Å². The minimum Gasteiger partial charge on any atom is -0.311 e. The molecule has 1 aromatic heterocycles. The lowest BCUT2D eigenvalue weighted by molar-refractivity contribution is 0.867. The molecule has 0 bridgehead atoms. The molecule has 1 aromatic carbocycles. The summed E-state index contributed by atoms with van der Waals surface area (Å²) in [5, 5.41) is 0. The fraction of sp³-hybridized carbons (Fsp3) is 0.286. The van der Waals surface area contributed by atoms with Gasteiger partial charge in [0.1, 0.15) is 5.82 Å². The average Bonchev–Trinajstić information content (AvgIpc) is 2.28. The quantitative estimate of drug-likeness (QED) is 0.859. The van der Waals surface area contributed by atoms with Gasteiger partial charge in [-0.25, -0.2) is 4.98 Å². The van der Waals surface area contributed by atoms with Gasteiger partial charge in [-0.2, -0.15) is 0 Å². The lowest BCUT2D eigenvalue weighted by Crippen LogP contribution is -2.08. The summed E-state index contributed by atoms with van der Waals surface area (Å²) in [6.07, 6.45) is 0. The Morgan fingerprint density at radius 1 is 1.18 bits per heavy atom. The molecule has 0 spiro atoms. The molecule has 88 valence electrons. The first-order valence-corrected chi connectivity index (χ1v) is 5.74. The Morgan fingerprint density at radius 3 is 2.35 bits per heavy atom. The Morgan fingerprint density at radius 2 is 1.82 bits per heavy atom. The van der Waals surface area contributed by atoms with E-state index in [4.69, 9.17) is 0 Å². The second-order valence-corrected chi connectivity index (χ2v) is 4.49. The number of H-pyrrole nitrogens is 1. The zero-order chi connectivity index (χ0) is 12.4. The van der Waals surface area contributed by atoms with Gasteiger partial charge >= 0.3 is 0 Å². The third kappa shape index (κ3) is 2.61. The first kappa shape index (κ1) is 11.6. The van der Waals surface area contributed by atoms with E-state index in [1.165, 1.54) is 11.6 Å². The van der Waals surface area contributed by atoms with Crippen LogP contribution in [0.4, 0.5) is 0 Å². The molecule has 0 aliphatic carbocycles. The summed E-state index contributed by atoms with van der Waals surface area (Å²) in [4.78, 5) is 18.3. The molecular formula is C14H16N2O. The van der Waals surface area contributed by atoms with Crippen LogP contribution in [0.3, 0.4) is 0 Å². The van der Waals surface area contributed by atoms with Gasteiger partial charge in [0.05, 0.1) is 5.69 Å². The van der Waals surface area contributed by atoms with Crippen molar-refractivity contribution in [3.63, 3.8) is 0 Å². The number of aryl methyl sites for hydroxylation is 1. The van der Waals surface area contributed by atoms with E-state index in [9.17, 15) is 4.79 Å². The standard InChI is InChI=1S/C14H16N2O/c1-9(2)11-4-6-12(7-5-11)13-8-14(17)16-10(3)15-13/h4-9H,1-3H3,(H,15,16,17). The summed E-state index contributed by atoms with van der Waals surface area (Å²) >= 11 is 0. The molecule has 1 N–H and O–H groups in total. The maximum absolute atomic E-state index is 11.4. The zero-order valence-corrected chi connectivity index (χ0v) is 10.3. The molecule has 3 nitrogen and oxygen atoms in total. The molecule has 2 aromatic rings. The topological polar surface area (TPSA) is 45.8 Å². The average molecular weight is 228 g/mol. The number of aromatic nitrogens is 2. The lowest BCUT2D eigenvalue weighted by atomic mass is 10.0. The first-order valence-electron chi connectivity index (χ1n) is 5.74. The summed E-state index contributed by atoms with van der Waals surface area (Å²) < 4.78 is 0. The van der Waals surface area contributed by atoms with Crippen LogP contribution in [0.1, 0.15) is 31.2 Å². The summed E-state index contributed by atoms with van der Waals surface area (Å²) in [5.74, 6) is 1.15. The molecule has 0 radical (unpaired) electrons. The molecule has 0 atom stereocenters. The smallest absolute Gasteiger partial charge is 0.251 e. The number of aromatic amines is 1. The van der Waals surface area contributed by atoms with Crippen LogP contribution in [-0.2, 0) is 0 Å². The van der Waals surface area contributed by atoms with Crippen molar-refractivity contribution < 1.29 is 0 Å². The predicted octanol–water partition coefficient (Wildman–Crippen LogP) is 2.87. The van der Waals surface area contributed by atoms with Gasteiger partial charge in [0.2, 0.25) is 0 Å². The third-order valence-corrected chi connectivity index (χ3v) is 2.73. The van der Waals surface area contributed by atoms with E-state index in [0.29, 0.717) is 11.7 Å². The SMILES string of the molecule is Cc1nc(-c2ccc(C(C)C)cc2)cc(=O)[nH]1. The molecule has 17 heavy (non-hydrogen) atoms. The van der Waals surface area contributed by atoms with Gasteiger partial charge in [-0.15, -0.1) is 0 Å². The molecule has 2 rings (SSSR count). The highest BCUT2D eigenvalue weighted by Crippen LogP contribution is 2.20. The highest BCUT2D eigenvalue weighted by atomic mass is 16.1. The van der Waals surface area contributed by atoms with Crippen LogP contribution in [0, 0.1) is 6.92 Å². The number of hydrogen-bond donors (Lipinski definition) is 1. The van der Waals surface area contributed by atoms with Crippen LogP contribution < -0.4 is 5.56 Å². The van der Waals surface area contributed by atoms with E-state index in [-0.39, 0.29) is 5.56 Å². The predicted molar refractivity (Wildman–Crippen MR) is 69.1 cm³/mol. The van der Waals surface area contributed by atoms with Crippen LogP contribution >= 0.6 is 0 Å². The van der Waals surface area contributed by atoms with Crippen molar-refractivity contribution in [1.82, 2.24) is 9.97 Å². The van der Waals surface area contributed by atoms with Crippen LogP contribution in [-0.4, -0.2) is 9.97 Å². The van der Waals surface area contributed by atoms with Crippen molar-refractivity contribution in [3.8, 4) is 11.3 Å². The van der Waals surface area contributed by atoms with Gasteiger partial charge in [0.15, 0.2) is 0 Å². The number of benzene rings is 1. The van der Waals surface area contributed by atoms with Crippen molar-refractivity contribution in [2.45, 2.75) is 26.7 Å². The zero-order valence-electron chi connectivity index (χ0n) is 10.3. The van der Waals surface area contributed by atoms with Crippen LogP contribution in [0.25, 0.3) is 11.3 Å². The van der Waals surface area contributed by atoms with Crippen LogP contribution in [0.2, 0.25) is 0 Å².